The van der Waals surface area contributed by atoms with Gasteiger partial charge in [-0.15, -0.1) is 0 Å². The number of rotatable bonds is 6. The molecule has 0 spiro atoms. The Hall–Kier alpha value is -3.47. The Labute approximate surface area is 163 Å². The van der Waals surface area contributed by atoms with Crippen molar-refractivity contribution in [1.29, 1.82) is 0 Å². The Morgan fingerprint density at radius 3 is 2.64 bits per heavy atom. The van der Waals surface area contributed by atoms with Crippen LogP contribution in [0.5, 0.6) is 0 Å². The van der Waals surface area contributed by atoms with E-state index < -0.39 is 0 Å². The quantitative estimate of drug-likeness (QED) is 0.544. The molecule has 1 N–H and O–H groups in total. The van der Waals surface area contributed by atoms with Crippen molar-refractivity contribution < 1.29 is 9.32 Å². The van der Waals surface area contributed by atoms with Crippen molar-refractivity contribution in [2.45, 2.75) is 26.3 Å². The van der Waals surface area contributed by atoms with E-state index in [1.807, 2.05) is 61.5 Å². The van der Waals surface area contributed by atoms with E-state index in [1.165, 1.54) is 5.56 Å². The van der Waals surface area contributed by atoms with Gasteiger partial charge in [-0.25, -0.2) is 0 Å². The van der Waals surface area contributed by atoms with Gasteiger partial charge in [0.15, 0.2) is 0 Å². The maximum absolute atomic E-state index is 12.1. The average Bonchev–Trinajstić information content (AvgIpc) is 3.20. The monoisotopic (exact) mass is 371 g/mol. The van der Waals surface area contributed by atoms with Gasteiger partial charge in [-0.3, -0.25) is 4.79 Å². The van der Waals surface area contributed by atoms with E-state index in [0.717, 1.165) is 21.9 Å². The van der Waals surface area contributed by atoms with E-state index in [2.05, 4.69) is 27.6 Å². The predicted molar refractivity (Wildman–Crippen MR) is 109 cm³/mol. The van der Waals surface area contributed by atoms with Crippen molar-refractivity contribution in [2.75, 3.05) is 0 Å². The molecule has 1 amide bonds. The van der Waals surface area contributed by atoms with Gasteiger partial charge in [0.05, 0.1) is 0 Å². The highest BCUT2D eigenvalue weighted by molar-refractivity contribution is 5.94. The Balaban J connectivity index is 1.37. The number of fused-ring (bicyclic) bond motifs is 1. The van der Waals surface area contributed by atoms with E-state index in [1.54, 1.807) is 0 Å². The summed E-state index contributed by atoms with van der Waals surface area (Å²) in [7, 11) is 0. The van der Waals surface area contributed by atoms with E-state index >= 15 is 0 Å². The highest BCUT2D eigenvalue weighted by atomic mass is 16.5. The zero-order valence-electron chi connectivity index (χ0n) is 15.7. The number of carbonyl (C=O) groups is 1. The topological polar surface area (TPSA) is 68.0 Å². The number of amides is 1. The first kappa shape index (κ1) is 17.9. The van der Waals surface area contributed by atoms with Crippen LogP contribution in [0.1, 0.15) is 23.4 Å². The molecule has 140 valence electrons. The number of aryl methyl sites for hydroxylation is 2. The van der Waals surface area contributed by atoms with Crippen molar-refractivity contribution >= 4 is 16.7 Å². The Kier molecular flexibility index (Phi) is 5.15. The van der Waals surface area contributed by atoms with Crippen LogP contribution in [0.3, 0.4) is 0 Å². The standard InChI is InChI=1S/C23H21N3O2/c1-16-9-11-17(12-10-16)15-24-21(27)13-14-22-25-23(26-28-22)20-8-4-6-18-5-2-3-7-19(18)20/h2-12H,13-15H2,1H3,(H,24,27). The van der Waals surface area contributed by atoms with E-state index in [4.69, 9.17) is 4.52 Å². The van der Waals surface area contributed by atoms with Gasteiger partial charge in [0.2, 0.25) is 17.6 Å². The van der Waals surface area contributed by atoms with E-state index in [9.17, 15) is 4.79 Å². The molecule has 0 unspecified atom stereocenters. The second-order valence-electron chi connectivity index (χ2n) is 6.80. The van der Waals surface area contributed by atoms with Gasteiger partial charge >= 0.3 is 0 Å². The smallest absolute Gasteiger partial charge is 0.227 e. The fourth-order valence-corrected chi connectivity index (χ4v) is 3.10. The molecule has 4 rings (SSSR count). The minimum absolute atomic E-state index is 0.0366. The number of carbonyl (C=O) groups excluding carboxylic acids is 1. The van der Waals surface area contributed by atoms with Gasteiger partial charge in [0.1, 0.15) is 0 Å². The Morgan fingerprint density at radius 2 is 1.79 bits per heavy atom. The van der Waals surface area contributed by atoms with Gasteiger partial charge in [-0.05, 0) is 23.3 Å². The second kappa shape index (κ2) is 8.05. The lowest BCUT2D eigenvalue weighted by Crippen LogP contribution is -2.23. The lowest BCUT2D eigenvalue weighted by Gasteiger charge is -2.04. The predicted octanol–water partition coefficient (Wildman–Crippen LogP) is 4.45. The first-order valence-corrected chi connectivity index (χ1v) is 9.32. The largest absolute Gasteiger partial charge is 0.352 e. The summed E-state index contributed by atoms with van der Waals surface area (Å²) in [5, 5.41) is 9.22. The normalized spacial score (nSPS) is 10.9. The molecule has 1 heterocycles. The molecule has 0 saturated carbocycles. The van der Waals surface area contributed by atoms with Crippen LogP contribution < -0.4 is 5.32 Å². The van der Waals surface area contributed by atoms with Crippen molar-refractivity contribution in [3.8, 4) is 11.4 Å². The van der Waals surface area contributed by atoms with Crippen LogP contribution in [0.15, 0.2) is 71.3 Å². The SMILES string of the molecule is Cc1ccc(CNC(=O)CCc2nc(-c3cccc4ccccc34)no2)cc1. The van der Waals surface area contributed by atoms with Gasteiger partial charge < -0.3 is 9.84 Å². The van der Waals surface area contributed by atoms with Crippen LogP contribution >= 0.6 is 0 Å². The Morgan fingerprint density at radius 1 is 1.00 bits per heavy atom. The number of hydrogen-bond acceptors (Lipinski definition) is 4. The van der Waals surface area contributed by atoms with Crippen LogP contribution in [-0.2, 0) is 17.8 Å². The third-order valence-electron chi connectivity index (χ3n) is 4.67. The lowest BCUT2D eigenvalue weighted by atomic mass is 10.0. The summed E-state index contributed by atoms with van der Waals surface area (Å²) in [5.41, 5.74) is 3.21. The van der Waals surface area contributed by atoms with Crippen molar-refractivity contribution in [3.05, 3.63) is 83.7 Å². The third kappa shape index (κ3) is 4.09. The molecule has 5 nitrogen and oxygen atoms in total. The minimum atomic E-state index is -0.0366. The lowest BCUT2D eigenvalue weighted by molar-refractivity contribution is -0.121. The van der Waals surface area contributed by atoms with Crippen LogP contribution in [0.2, 0.25) is 0 Å². The van der Waals surface area contributed by atoms with Crippen molar-refractivity contribution in [1.82, 2.24) is 15.5 Å². The molecule has 1 aromatic heterocycles. The molecule has 0 aliphatic heterocycles. The summed E-state index contributed by atoms with van der Waals surface area (Å²) in [4.78, 5) is 16.6. The molecule has 3 aromatic carbocycles. The molecule has 4 aromatic rings. The number of nitrogens with one attached hydrogen (secondary N) is 1. The summed E-state index contributed by atoms with van der Waals surface area (Å²) >= 11 is 0. The van der Waals surface area contributed by atoms with Crippen LogP contribution in [0.25, 0.3) is 22.2 Å². The summed E-state index contributed by atoms with van der Waals surface area (Å²) < 4.78 is 5.35. The van der Waals surface area contributed by atoms with Gasteiger partial charge in [0.25, 0.3) is 0 Å². The highest BCUT2D eigenvalue weighted by Gasteiger charge is 2.12. The van der Waals surface area contributed by atoms with E-state index in [-0.39, 0.29) is 5.91 Å². The highest BCUT2D eigenvalue weighted by Crippen LogP contribution is 2.26. The molecular weight excluding hydrogens is 350 g/mol. The van der Waals surface area contributed by atoms with Crippen LogP contribution in [-0.4, -0.2) is 16.0 Å². The first-order valence-electron chi connectivity index (χ1n) is 9.32. The van der Waals surface area contributed by atoms with Gasteiger partial charge in [-0.1, -0.05) is 77.5 Å². The minimum Gasteiger partial charge on any atom is -0.352 e. The van der Waals surface area contributed by atoms with Gasteiger partial charge in [0, 0.05) is 24.9 Å². The van der Waals surface area contributed by atoms with Crippen molar-refractivity contribution in [3.63, 3.8) is 0 Å². The number of benzene rings is 3. The molecule has 0 aliphatic rings. The summed E-state index contributed by atoms with van der Waals surface area (Å²) in [5.74, 6) is 0.978. The number of nitrogens with zero attached hydrogens (tertiary/aromatic N) is 2. The summed E-state index contributed by atoms with van der Waals surface area (Å²) in [6.07, 6.45) is 0.723. The maximum Gasteiger partial charge on any atom is 0.227 e. The fraction of sp³-hybridized carbons (Fsp3) is 0.174. The van der Waals surface area contributed by atoms with Crippen LogP contribution in [0, 0.1) is 6.92 Å². The summed E-state index contributed by atoms with van der Waals surface area (Å²) in [6, 6.07) is 22.2. The molecule has 5 heteroatoms. The van der Waals surface area contributed by atoms with E-state index in [0.29, 0.717) is 31.1 Å². The molecular formula is C23H21N3O2. The zero-order valence-corrected chi connectivity index (χ0v) is 15.7. The summed E-state index contributed by atoms with van der Waals surface area (Å²) in [6.45, 7) is 2.56. The third-order valence-corrected chi connectivity index (χ3v) is 4.67. The van der Waals surface area contributed by atoms with Crippen LogP contribution in [0.4, 0.5) is 0 Å². The molecule has 0 fully saturated rings. The average molecular weight is 371 g/mol. The maximum atomic E-state index is 12.1. The molecule has 0 radical (unpaired) electrons. The number of aromatic nitrogens is 2. The molecule has 0 atom stereocenters. The molecule has 0 bridgehead atoms. The second-order valence-corrected chi connectivity index (χ2v) is 6.80. The first-order chi connectivity index (χ1) is 13.7. The van der Waals surface area contributed by atoms with Gasteiger partial charge in [-0.2, -0.15) is 4.98 Å². The Bertz CT molecular complexity index is 1100. The number of hydrogen-bond donors (Lipinski definition) is 1. The molecule has 28 heavy (non-hydrogen) atoms. The molecule has 0 aliphatic carbocycles. The molecule has 0 saturated heterocycles. The van der Waals surface area contributed by atoms with Crippen molar-refractivity contribution in [2.24, 2.45) is 0 Å². The fourth-order valence-electron chi connectivity index (χ4n) is 3.10. The zero-order chi connectivity index (χ0) is 19.3.